The standard InChI is InChI=1S/C17H19NO7/c1-2-7-24-17-12(14(21)13(20)11(8-19)25-17)18-15(22)9-5-3-4-6-10(9)16(18)23/h2-6,11-14,17,19-21H,1,7-8H2/t11?,12?,13-,14-,17-/m1/s1. The Bertz CT molecular complexity index is 656. The Labute approximate surface area is 143 Å². The van der Waals surface area contributed by atoms with Crippen molar-refractivity contribution in [3.05, 3.63) is 48.0 Å². The molecule has 1 aromatic rings. The first-order valence-electron chi connectivity index (χ1n) is 7.83. The van der Waals surface area contributed by atoms with Gasteiger partial charge < -0.3 is 24.8 Å². The van der Waals surface area contributed by atoms with Gasteiger partial charge in [0.25, 0.3) is 11.8 Å². The van der Waals surface area contributed by atoms with Crippen molar-refractivity contribution in [2.75, 3.05) is 13.2 Å². The molecule has 0 radical (unpaired) electrons. The van der Waals surface area contributed by atoms with Crippen LogP contribution in [0.4, 0.5) is 0 Å². The van der Waals surface area contributed by atoms with Crippen LogP contribution in [0.3, 0.4) is 0 Å². The summed E-state index contributed by atoms with van der Waals surface area (Å²) in [4.78, 5) is 26.2. The molecule has 0 aliphatic carbocycles. The van der Waals surface area contributed by atoms with Gasteiger partial charge in [0, 0.05) is 0 Å². The lowest BCUT2D eigenvalue weighted by molar-refractivity contribution is -0.276. The van der Waals surface area contributed by atoms with Gasteiger partial charge in [-0.05, 0) is 12.1 Å². The number of aliphatic hydroxyl groups excluding tert-OH is 3. The lowest BCUT2D eigenvalue weighted by Crippen LogP contribution is -2.65. The van der Waals surface area contributed by atoms with Gasteiger partial charge in [-0.25, -0.2) is 0 Å². The highest BCUT2D eigenvalue weighted by atomic mass is 16.7. The number of aliphatic hydroxyl groups is 3. The summed E-state index contributed by atoms with van der Waals surface area (Å²) in [5.41, 5.74) is 0.418. The fraction of sp³-hybridized carbons (Fsp3) is 0.412. The van der Waals surface area contributed by atoms with E-state index in [2.05, 4.69) is 6.58 Å². The molecule has 134 valence electrons. The van der Waals surface area contributed by atoms with E-state index in [1.807, 2.05) is 0 Å². The molecule has 2 aliphatic heterocycles. The molecule has 0 aromatic heterocycles. The summed E-state index contributed by atoms with van der Waals surface area (Å²) in [6.07, 6.45) is -3.90. The Morgan fingerprint density at radius 1 is 1.16 bits per heavy atom. The van der Waals surface area contributed by atoms with Gasteiger partial charge in [0.2, 0.25) is 0 Å². The highest BCUT2D eigenvalue weighted by Crippen LogP contribution is 2.32. The van der Waals surface area contributed by atoms with Crippen molar-refractivity contribution in [1.29, 1.82) is 0 Å². The molecule has 0 spiro atoms. The summed E-state index contributed by atoms with van der Waals surface area (Å²) < 4.78 is 10.9. The summed E-state index contributed by atoms with van der Waals surface area (Å²) in [5, 5.41) is 29.9. The van der Waals surface area contributed by atoms with Gasteiger partial charge in [-0.15, -0.1) is 6.58 Å². The number of amides is 2. The van der Waals surface area contributed by atoms with E-state index >= 15 is 0 Å². The third kappa shape index (κ3) is 2.88. The van der Waals surface area contributed by atoms with Crippen molar-refractivity contribution in [2.45, 2.75) is 30.6 Å². The second kappa shape index (κ2) is 7.03. The van der Waals surface area contributed by atoms with Gasteiger partial charge in [0.1, 0.15) is 24.4 Å². The summed E-state index contributed by atoms with van der Waals surface area (Å²) in [5.74, 6) is -1.20. The molecule has 2 amide bonds. The van der Waals surface area contributed by atoms with Crippen LogP contribution in [-0.4, -0.2) is 75.9 Å². The second-order valence-electron chi connectivity index (χ2n) is 5.85. The molecule has 3 rings (SSSR count). The molecule has 3 N–H and O–H groups in total. The van der Waals surface area contributed by atoms with E-state index in [-0.39, 0.29) is 17.7 Å². The number of ether oxygens (including phenoxy) is 2. The maximum atomic E-state index is 12.7. The van der Waals surface area contributed by atoms with Gasteiger partial charge in [0.15, 0.2) is 6.29 Å². The van der Waals surface area contributed by atoms with Crippen LogP contribution in [0, 0.1) is 0 Å². The number of hydrogen-bond acceptors (Lipinski definition) is 7. The third-order valence-corrected chi connectivity index (χ3v) is 4.35. The van der Waals surface area contributed by atoms with E-state index in [0.717, 1.165) is 4.90 Å². The predicted octanol–water partition coefficient (Wildman–Crippen LogP) is -0.707. The minimum Gasteiger partial charge on any atom is -0.394 e. The number of nitrogens with zero attached hydrogens (tertiary/aromatic N) is 1. The molecule has 8 heteroatoms. The molecule has 0 saturated carbocycles. The van der Waals surface area contributed by atoms with E-state index in [4.69, 9.17) is 9.47 Å². The first-order chi connectivity index (χ1) is 12.0. The maximum absolute atomic E-state index is 12.7. The summed E-state index contributed by atoms with van der Waals surface area (Å²) in [6, 6.07) is 5.02. The number of fused-ring (bicyclic) bond motifs is 1. The smallest absolute Gasteiger partial charge is 0.262 e. The molecule has 0 bridgehead atoms. The first kappa shape index (κ1) is 17.7. The average molecular weight is 349 g/mol. The largest absolute Gasteiger partial charge is 0.394 e. The van der Waals surface area contributed by atoms with Crippen molar-refractivity contribution in [1.82, 2.24) is 4.90 Å². The topological polar surface area (TPSA) is 117 Å². The number of rotatable bonds is 5. The number of carbonyl (C=O) groups excluding carboxylic acids is 2. The van der Waals surface area contributed by atoms with Crippen LogP contribution in [0.2, 0.25) is 0 Å². The van der Waals surface area contributed by atoms with Gasteiger partial charge in [-0.1, -0.05) is 18.2 Å². The van der Waals surface area contributed by atoms with Gasteiger partial charge in [-0.2, -0.15) is 0 Å². The zero-order valence-corrected chi connectivity index (χ0v) is 13.3. The summed E-state index contributed by atoms with van der Waals surface area (Å²) in [7, 11) is 0. The van der Waals surface area contributed by atoms with Crippen LogP contribution < -0.4 is 0 Å². The van der Waals surface area contributed by atoms with Crippen LogP contribution >= 0.6 is 0 Å². The van der Waals surface area contributed by atoms with Gasteiger partial charge in [-0.3, -0.25) is 14.5 Å². The zero-order valence-electron chi connectivity index (χ0n) is 13.3. The Balaban J connectivity index is 1.96. The lowest BCUT2D eigenvalue weighted by Gasteiger charge is -2.44. The fourth-order valence-corrected chi connectivity index (χ4v) is 3.12. The fourth-order valence-electron chi connectivity index (χ4n) is 3.12. The monoisotopic (exact) mass is 349 g/mol. The SMILES string of the molecule is C=CCO[C@@H]1OC(CO)[C@@H](O)[C@H](O)C1N1C(=O)c2ccccc2C1=O. The van der Waals surface area contributed by atoms with Gasteiger partial charge >= 0.3 is 0 Å². The minimum atomic E-state index is -1.54. The Kier molecular flexibility index (Phi) is 4.98. The molecule has 25 heavy (non-hydrogen) atoms. The van der Waals surface area contributed by atoms with E-state index < -0.39 is 49.1 Å². The minimum absolute atomic E-state index is 0.0330. The van der Waals surface area contributed by atoms with E-state index in [9.17, 15) is 24.9 Å². The van der Waals surface area contributed by atoms with Crippen LogP contribution in [-0.2, 0) is 9.47 Å². The van der Waals surface area contributed by atoms with Crippen molar-refractivity contribution in [3.63, 3.8) is 0 Å². The second-order valence-corrected chi connectivity index (χ2v) is 5.85. The maximum Gasteiger partial charge on any atom is 0.262 e. The number of imide groups is 1. The highest BCUT2D eigenvalue weighted by Gasteiger charge is 2.53. The normalized spacial score (nSPS) is 32.0. The molecule has 1 fully saturated rings. The Morgan fingerprint density at radius 3 is 2.28 bits per heavy atom. The molecule has 2 aliphatic rings. The Morgan fingerprint density at radius 2 is 1.76 bits per heavy atom. The molecular formula is C17H19NO7. The zero-order chi connectivity index (χ0) is 18.1. The predicted molar refractivity (Wildman–Crippen MR) is 84.6 cm³/mol. The molecule has 2 heterocycles. The molecule has 8 nitrogen and oxygen atoms in total. The average Bonchev–Trinajstić information content (AvgIpc) is 2.87. The van der Waals surface area contributed by atoms with Crippen LogP contribution in [0.15, 0.2) is 36.9 Å². The van der Waals surface area contributed by atoms with Gasteiger partial charge in [0.05, 0.1) is 24.3 Å². The molecule has 2 unspecified atom stereocenters. The van der Waals surface area contributed by atoms with Crippen molar-refractivity contribution in [3.8, 4) is 0 Å². The molecule has 1 saturated heterocycles. The van der Waals surface area contributed by atoms with Crippen molar-refractivity contribution in [2.24, 2.45) is 0 Å². The Hall–Kier alpha value is -2.10. The number of hydrogen-bond donors (Lipinski definition) is 3. The highest BCUT2D eigenvalue weighted by molar-refractivity contribution is 6.21. The molecular weight excluding hydrogens is 330 g/mol. The van der Waals surface area contributed by atoms with Crippen molar-refractivity contribution >= 4 is 11.8 Å². The number of carbonyl (C=O) groups is 2. The summed E-state index contributed by atoms with van der Waals surface area (Å²) in [6.45, 7) is 2.99. The van der Waals surface area contributed by atoms with Crippen LogP contribution in [0.1, 0.15) is 20.7 Å². The van der Waals surface area contributed by atoms with E-state index in [1.165, 1.54) is 18.2 Å². The first-order valence-corrected chi connectivity index (χ1v) is 7.83. The van der Waals surface area contributed by atoms with E-state index in [1.54, 1.807) is 12.1 Å². The summed E-state index contributed by atoms with van der Waals surface area (Å²) >= 11 is 0. The van der Waals surface area contributed by atoms with E-state index in [0.29, 0.717) is 0 Å². The van der Waals surface area contributed by atoms with Crippen LogP contribution in [0.5, 0.6) is 0 Å². The molecule has 1 aromatic carbocycles. The number of benzene rings is 1. The van der Waals surface area contributed by atoms with Crippen molar-refractivity contribution < 1.29 is 34.4 Å². The molecule has 5 atom stereocenters. The quantitative estimate of drug-likeness (QED) is 0.475. The van der Waals surface area contributed by atoms with Crippen LogP contribution in [0.25, 0.3) is 0 Å². The third-order valence-electron chi connectivity index (χ3n) is 4.35. The lowest BCUT2D eigenvalue weighted by atomic mass is 9.95.